The van der Waals surface area contributed by atoms with Crippen LogP contribution in [-0.2, 0) is 10.2 Å². The molecule has 1 fully saturated rings. The Bertz CT molecular complexity index is 560. The van der Waals surface area contributed by atoms with Gasteiger partial charge < -0.3 is 5.32 Å². The number of hydrogen-bond acceptors (Lipinski definition) is 2. The SMILES string of the molecule is CC1CC1C(=O)c1ccc2c(c1)C(C)(C)C(=O)N2. The van der Waals surface area contributed by atoms with E-state index in [-0.39, 0.29) is 17.6 Å². The number of hydrogen-bond donors (Lipinski definition) is 1. The summed E-state index contributed by atoms with van der Waals surface area (Å²) in [6.07, 6.45) is 0.997. The summed E-state index contributed by atoms with van der Waals surface area (Å²) in [5.74, 6) is 0.928. The van der Waals surface area contributed by atoms with E-state index in [9.17, 15) is 9.59 Å². The summed E-state index contributed by atoms with van der Waals surface area (Å²) < 4.78 is 0. The van der Waals surface area contributed by atoms with Gasteiger partial charge in [0.25, 0.3) is 0 Å². The Morgan fingerprint density at radius 3 is 2.67 bits per heavy atom. The molecule has 2 atom stereocenters. The number of ketones is 1. The second kappa shape index (κ2) is 3.44. The molecular formula is C15H17NO2. The van der Waals surface area contributed by atoms with Gasteiger partial charge in [-0.05, 0) is 49.9 Å². The van der Waals surface area contributed by atoms with Crippen LogP contribution in [0.1, 0.15) is 43.1 Å². The molecule has 94 valence electrons. The second-order valence-corrected chi connectivity index (χ2v) is 6.02. The Morgan fingerprint density at radius 1 is 1.39 bits per heavy atom. The molecule has 1 amide bonds. The van der Waals surface area contributed by atoms with Crippen molar-refractivity contribution in [2.24, 2.45) is 11.8 Å². The van der Waals surface area contributed by atoms with E-state index in [1.54, 1.807) is 0 Å². The number of fused-ring (bicyclic) bond motifs is 1. The minimum atomic E-state index is -0.541. The number of Topliss-reactive ketones (excluding diaryl/α,β-unsaturated/α-hetero) is 1. The molecule has 1 heterocycles. The number of rotatable bonds is 2. The summed E-state index contributed by atoms with van der Waals surface area (Å²) in [5.41, 5.74) is 1.98. The summed E-state index contributed by atoms with van der Waals surface area (Å²) in [6, 6.07) is 5.57. The molecule has 0 saturated heterocycles. The standard InChI is InChI=1S/C15H17NO2/c1-8-6-10(8)13(17)9-4-5-12-11(7-9)15(2,3)14(18)16-12/h4-5,7-8,10H,6H2,1-3H3,(H,16,18). The van der Waals surface area contributed by atoms with Crippen molar-refractivity contribution in [2.75, 3.05) is 5.32 Å². The molecule has 1 aromatic rings. The van der Waals surface area contributed by atoms with Crippen molar-refractivity contribution in [1.29, 1.82) is 0 Å². The smallest absolute Gasteiger partial charge is 0.234 e. The van der Waals surface area contributed by atoms with Gasteiger partial charge in [0.2, 0.25) is 5.91 Å². The maximum Gasteiger partial charge on any atom is 0.234 e. The van der Waals surface area contributed by atoms with Crippen LogP contribution in [0.2, 0.25) is 0 Å². The lowest BCUT2D eigenvalue weighted by Gasteiger charge is -2.15. The average molecular weight is 243 g/mol. The van der Waals surface area contributed by atoms with Crippen LogP contribution in [0.25, 0.3) is 0 Å². The fourth-order valence-electron chi connectivity index (χ4n) is 2.63. The minimum Gasteiger partial charge on any atom is -0.325 e. The number of amides is 1. The van der Waals surface area contributed by atoms with E-state index >= 15 is 0 Å². The number of carbonyl (C=O) groups excluding carboxylic acids is 2. The summed E-state index contributed by atoms with van der Waals surface area (Å²) >= 11 is 0. The van der Waals surface area contributed by atoms with E-state index < -0.39 is 5.41 Å². The summed E-state index contributed by atoms with van der Waals surface area (Å²) in [7, 11) is 0. The average Bonchev–Trinajstić information content (AvgIpc) is 3.00. The largest absolute Gasteiger partial charge is 0.325 e. The van der Waals surface area contributed by atoms with Crippen LogP contribution < -0.4 is 5.32 Å². The zero-order valence-corrected chi connectivity index (χ0v) is 10.9. The predicted molar refractivity (Wildman–Crippen MR) is 69.7 cm³/mol. The molecule has 1 aliphatic heterocycles. The van der Waals surface area contributed by atoms with Gasteiger partial charge in [-0.1, -0.05) is 6.92 Å². The normalized spacial score (nSPS) is 27.6. The van der Waals surface area contributed by atoms with Gasteiger partial charge in [-0.2, -0.15) is 0 Å². The van der Waals surface area contributed by atoms with Gasteiger partial charge in [0.15, 0.2) is 5.78 Å². The molecule has 1 saturated carbocycles. The maximum atomic E-state index is 12.2. The molecule has 3 heteroatoms. The van der Waals surface area contributed by atoms with Crippen LogP contribution >= 0.6 is 0 Å². The monoisotopic (exact) mass is 243 g/mol. The molecule has 1 aromatic carbocycles. The van der Waals surface area contributed by atoms with Crippen molar-refractivity contribution in [3.63, 3.8) is 0 Å². The van der Waals surface area contributed by atoms with Gasteiger partial charge in [-0.3, -0.25) is 9.59 Å². The van der Waals surface area contributed by atoms with Crippen LogP contribution in [0.3, 0.4) is 0 Å². The molecule has 0 bridgehead atoms. The first-order valence-electron chi connectivity index (χ1n) is 6.41. The van der Waals surface area contributed by atoms with Gasteiger partial charge in [0, 0.05) is 17.2 Å². The molecule has 1 aliphatic carbocycles. The van der Waals surface area contributed by atoms with E-state index in [4.69, 9.17) is 0 Å². The zero-order valence-electron chi connectivity index (χ0n) is 10.9. The van der Waals surface area contributed by atoms with Gasteiger partial charge in [0.05, 0.1) is 5.41 Å². The molecule has 0 spiro atoms. The van der Waals surface area contributed by atoms with Crippen molar-refractivity contribution in [3.05, 3.63) is 29.3 Å². The summed E-state index contributed by atoms with van der Waals surface area (Å²) in [6.45, 7) is 5.88. The highest BCUT2D eigenvalue weighted by Gasteiger charge is 2.42. The molecule has 2 aliphatic rings. The van der Waals surface area contributed by atoms with Gasteiger partial charge in [-0.25, -0.2) is 0 Å². The van der Waals surface area contributed by atoms with E-state index in [0.29, 0.717) is 5.92 Å². The fraction of sp³-hybridized carbons (Fsp3) is 0.467. The van der Waals surface area contributed by atoms with Crippen LogP contribution in [0.4, 0.5) is 5.69 Å². The van der Waals surface area contributed by atoms with Gasteiger partial charge in [-0.15, -0.1) is 0 Å². The lowest BCUT2D eigenvalue weighted by Crippen LogP contribution is -2.27. The molecule has 0 aromatic heterocycles. The van der Waals surface area contributed by atoms with Crippen molar-refractivity contribution < 1.29 is 9.59 Å². The van der Waals surface area contributed by atoms with Crippen LogP contribution in [0, 0.1) is 11.8 Å². The lowest BCUT2D eigenvalue weighted by atomic mass is 9.85. The zero-order chi connectivity index (χ0) is 13.1. The first kappa shape index (κ1) is 11.5. The second-order valence-electron chi connectivity index (χ2n) is 6.02. The van der Waals surface area contributed by atoms with Crippen LogP contribution in [0.5, 0.6) is 0 Å². The Kier molecular flexibility index (Phi) is 2.19. The van der Waals surface area contributed by atoms with Crippen LogP contribution in [-0.4, -0.2) is 11.7 Å². The predicted octanol–water partition coefficient (Wildman–Crippen LogP) is 2.76. The highest BCUT2D eigenvalue weighted by molar-refractivity contribution is 6.07. The Hall–Kier alpha value is -1.64. The fourth-order valence-corrected chi connectivity index (χ4v) is 2.63. The molecule has 18 heavy (non-hydrogen) atoms. The third kappa shape index (κ3) is 1.50. The Morgan fingerprint density at radius 2 is 2.06 bits per heavy atom. The van der Waals surface area contributed by atoms with Crippen molar-refractivity contribution in [3.8, 4) is 0 Å². The van der Waals surface area contributed by atoms with Crippen LogP contribution in [0.15, 0.2) is 18.2 Å². The number of nitrogens with one attached hydrogen (secondary N) is 1. The third-order valence-electron chi connectivity index (χ3n) is 4.24. The highest BCUT2D eigenvalue weighted by atomic mass is 16.2. The van der Waals surface area contributed by atoms with E-state index in [1.165, 1.54) is 0 Å². The summed E-state index contributed by atoms with van der Waals surface area (Å²) in [5, 5.41) is 2.86. The Balaban J connectivity index is 2.00. The molecular weight excluding hydrogens is 226 g/mol. The van der Waals surface area contributed by atoms with Gasteiger partial charge >= 0.3 is 0 Å². The molecule has 3 nitrogen and oxygen atoms in total. The third-order valence-corrected chi connectivity index (χ3v) is 4.24. The number of anilines is 1. The quantitative estimate of drug-likeness (QED) is 0.812. The first-order chi connectivity index (χ1) is 8.41. The van der Waals surface area contributed by atoms with Crippen molar-refractivity contribution >= 4 is 17.4 Å². The molecule has 0 radical (unpaired) electrons. The molecule has 3 rings (SSSR count). The van der Waals surface area contributed by atoms with Crippen molar-refractivity contribution in [1.82, 2.24) is 0 Å². The first-order valence-corrected chi connectivity index (χ1v) is 6.41. The van der Waals surface area contributed by atoms with Crippen molar-refractivity contribution in [2.45, 2.75) is 32.6 Å². The van der Waals surface area contributed by atoms with E-state index in [1.807, 2.05) is 32.0 Å². The lowest BCUT2D eigenvalue weighted by molar-refractivity contribution is -0.119. The number of carbonyl (C=O) groups is 2. The Labute approximate surface area is 107 Å². The molecule has 2 unspecified atom stereocenters. The summed E-state index contributed by atoms with van der Waals surface area (Å²) in [4.78, 5) is 24.0. The topological polar surface area (TPSA) is 46.2 Å². The van der Waals surface area contributed by atoms with Gasteiger partial charge in [0.1, 0.15) is 0 Å². The van der Waals surface area contributed by atoms with E-state index in [2.05, 4.69) is 12.2 Å². The number of benzene rings is 1. The highest BCUT2D eigenvalue weighted by Crippen LogP contribution is 2.42. The maximum absolute atomic E-state index is 12.2. The van der Waals surface area contributed by atoms with E-state index in [0.717, 1.165) is 23.2 Å². The molecule has 1 N–H and O–H groups in total. The minimum absolute atomic E-state index is 0.00175.